The highest BCUT2D eigenvalue weighted by Gasteiger charge is 2.41. The molecule has 2 rings (SSSR count). The lowest BCUT2D eigenvalue weighted by atomic mass is 9.96. The van der Waals surface area contributed by atoms with Crippen LogP contribution in [0.25, 0.3) is 0 Å². The Morgan fingerprint density at radius 2 is 2.33 bits per heavy atom. The molecule has 0 fully saturated rings. The van der Waals surface area contributed by atoms with E-state index in [1.54, 1.807) is 6.07 Å². The first-order chi connectivity index (χ1) is 8.43. The lowest BCUT2D eigenvalue weighted by Gasteiger charge is -2.32. The van der Waals surface area contributed by atoms with Gasteiger partial charge in [0.1, 0.15) is 12.2 Å². The molecule has 18 heavy (non-hydrogen) atoms. The van der Waals surface area contributed by atoms with Crippen molar-refractivity contribution in [3.8, 4) is 5.75 Å². The fraction of sp³-hybridized carbons (Fsp3) is 0.333. The topological polar surface area (TPSA) is 72.8 Å². The Hall–Kier alpha value is -1.59. The summed E-state index contributed by atoms with van der Waals surface area (Å²) in [5, 5.41) is 10.5. The number of ether oxygens (including phenoxy) is 2. The van der Waals surface area contributed by atoms with Gasteiger partial charge in [0, 0.05) is 5.02 Å². The van der Waals surface area contributed by atoms with Gasteiger partial charge >= 0.3 is 5.97 Å². The molecule has 0 saturated heterocycles. The zero-order valence-electron chi connectivity index (χ0n) is 9.60. The van der Waals surface area contributed by atoms with E-state index < -0.39 is 18.2 Å². The molecule has 1 aromatic carbocycles. The molecule has 1 aliphatic rings. The summed E-state index contributed by atoms with van der Waals surface area (Å²) in [6, 6.07) is 4.51. The lowest BCUT2D eigenvalue weighted by molar-refractivity contribution is -0.171. The summed E-state index contributed by atoms with van der Waals surface area (Å²) in [6.07, 6.45) is -0.710. The van der Waals surface area contributed by atoms with Gasteiger partial charge in [-0.1, -0.05) is 11.6 Å². The van der Waals surface area contributed by atoms with E-state index in [9.17, 15) is 14.7 Å². The SMILES string of the molecule is COC(=O)CC1(O)CC(=O)c2ccc(Cl)cc2O1. The molecule has 1 unspecified atom stereocenters. The van der Waals surface area contributed by atoms with Crippen molar-refractivity contribution in [2.75, 3.05) is 7.11 Å². The summed E-state index contributed by atoms with van der Waals surface area (Å²) < 4.78 is 9.74. The molecule has 0 aromatic heterocycles. The average Bonchev–Trinajstić information content (AvgIpc) is 2.27. The molecule has 0 radical (unpaired) electrons. The van der Waals surface area contributed by atoms with E-state index in [4.69, 9.17) is 16.3 Å². The van der Waals surface area contributed by atoms with Gasteiger partial charge in [-0.15, -0.1) is 0 Å². The number of aliphatic hydroxyl groups is 1. The van der Waals surface area contributed by atoms with E-state index in [1.807, 2.05) is 0 Å². The minimum atomic E-state index is -1.87. The molecule has 96 valence electrons. The second kappa shape index (κ2) is 4.59. The highest BCUT2D eigenvalue weighted by atomic mass is 35.5. The van der Waals surface area contributed by atoms with Gasteiger partial charge in [0.15, 0.2) is 5.78 Å². The van der Waals surface area contributed by atoms with E-state index in [1.165, 1.54) is 19.2 Å². The highest BCUT2D eigenvalue weighted by molar-refractivity contribution is 6.30. The van der Waals surface area contributed by atoms with Crippen LogP contribution in [-0.4, -0.2) is 29.8 Å². The number of esters is 1. The number of halogens is 1. The zero-order valence-corrected chi connectivity index (χ0v) is 10.4. The summed E-state index contributed by atoms with van der Waals surface area (Å²) in [6.45, 7) is 0. The first-order valence-electron chi connectivity index (χ1n) is 5.24. The number of hydrogen-bond donors (Lipinski definition) is 1. The second-order valence-electron chi connectivity index (χ2n) is 4.04. The smallest absolute Gasteiger partial charge is 0.312 e. The van der Waals surface area contributed by atoms with Crippen LogP contribution in [0, 0.1) is 0 Å². The Bertz CT molecular complexity index is 513. The summed E-state index contributed by atoms with van der Waals surface area (Å²) in [7, 11) is 1.20. The summed E-state index contributed by atoms with van der Waals surface area (Å²) in [4.78, 5) is 23.0. The third kappa shape index (κ3) is 2.47. The number of fused-ring (bicyclic) bond motifs is 1. The van der Waals surface area contributed by atoms with Crippen molar-refractivity contribution in [3.05, 3.63) is 28.8 Å². The largest absolute Gasteiger partial charge is 0.469 e. The molecule has 1 N–H and O–H groups in total. The minimum absolute atomic E-state index is 0.171. The second-order valence-corrected chi connectivity index (χ2v) is 4.48. The highest BCUT2D eigenvalue weighted by Crippen LogP contribution is 2.35. The quantitative estimate of drug-likeness (QED) is 0.826. The third-order valence-electron chi connectivity index (χ3n) is 2.63. The Labute approximate surface area is 108 Å². The van der Waals surface area contributed by atoms with Crippen LogP contribution in [0.3, 0.4) is 0 Å². The third-order valence-corrected chi connectivity index (χ3v) is 2.86. The predicted octanol–water partition coefficient (Wildman–Crippen LogP) is 1.56. The predicted molar refractivity (Wildman–Crippen MR) is 62.6 cm³/mol. The zero-order chi connectivity index (χ0) is 13.3. The molecule has 1 heterocycles. The molecular weight excluding hydrogens is 260 g/mol. The first kappa shape index (κ1) is 12.9. The van der Waals surface area contributed by atoms with Crippen LogP contribution in [0.1, 0.15) is 23.2 Å². The molecule has 1 aliphatic heterocycles. The van der Waals surface area contributed by atoms with Crippen LogP contribution in [-0.2, 0) is 9.53 Å². The van der Waals surface area contributed by atoms with E-state index in [0.717, 1.165) is 0 Å². The maximum atomic E-state index is 11.8. The monoisotopic (exact) mass is 270 g/mol. The van der Waals surface area contributed by atoms with Gasteiger partial charge in [-0.05, 0) is 18.2 Å². The Morgan fingerprint density at radius 1 is 1.61 bits per heavy atom. The van der Waals surface area contributed by atoms with Crippen LogP contribution in [0.4, 0.5) is 0 Å². The van der Waals surface area contributed by atoms with Crippen molar-refractivity contribution in [2.45, 2.75) is 18.6 Å². The van der Waals surface area contributed by atoms with Gasteiger partial charge in [0.05, 0.1) is 19.1 Å². The number of methoxy groups -OCH3 is 1. The van der Waals surface area contributed by atoms with E-state index in [0.29, 0.717) is 10.6 Å². The number of hydrogen-bond acceptors (Lipinski definition) is 5. The van der Waals surface area contributed by atoms with Crippen molar-refractivity contribution < 1.29 is 24.2 Å². The van der Waals surface area contributed by atoms with Crippen molar-refractivity contribution in [1.82, 2.24) is 0 Å². The van der Waals surface area contributed by atoms with E-state index in [2.05, 4.69) is 4.74 Å². The fourth-order valence-electron chi connectivity index (χ4n) is 1.79. The molecular formula is C12H11ClO5. The average molecular weight is 271 g/mol. The van der Waals surface area contributed by atoms with E-state index in [-0.39, 0.29) is 18.0 Å². The van der Waals surface area contributed by atoms with Gasteiger partial charge < -0.3 is 14.6 Å². The number of Topliss-reactive ketones (excluding diaryl/α,β-unsaturated/α-hetero) is 1. The lowest BCUT2D eigenvalue weighted by Crippen LogP contribution is -2.43. The van der Waals surface area contributed by atoms with Crippen molar-refractivity contribution in [3.63, 3.8) is 0 Å². The van der Waals surface area contributed by atoms with Gasteiger partial charge in [0.2, 0.25) is 5.79 Å². The molecule has 0 spiro atoms. The number of ketones is 1. The number of rotatable bonds is 2. The molecule has 1 atom stereocenters. The summed E-state index contributed by atoms with van der Waals surface area (Å²) in [5.41, 5.74) is 0.342. The molecule has 0 saturated carbocycles. The van der Waals surface area contributed by atoms with Gasteiger partial charge in [0.25, 0.3) is 0 Å². The maximum absolute atomic E-state index is 11.8. The normalized spacial score (nSPS) is 22.1. The van der Waals surface area contributed by atoms with Crippen LogP contribution >= 0.6 is 11.6 Å². The molecule has 0 bridgehead atoms. The van der Waals surface area contributed by atoms with Crippen LogP contribution < -0.4 is 4.74 Å². The standard InChI is InChI=1S/C12H11ClO5/c1-17-11(15)6-12(16)5-9(14)8-3-2-7(13)4-10(8)18-12/h2-4,16H,5-6H2,1H3. The molecule has 0 amide bonds. The van der Waals surface area contributed by atoms with Gasteiger partial charge in [-0.25, -0.2) is 0 Å². The van der Waals surface area contributed by atoms with Crippen molar-refractivity contribution in [1.29, 1.82) is 0 Å². The number of carbonyl (C=O) groups is 2. The molecule has 5 nitrogen and oxygen atoms in total. The first-order valence-corrected chi connectivity index (χ1v) is 5.62. The Kier molecular flexibility index (Phi) is 3.28. The summed E-state index contributed by atoms with van der Waals surface area (Å²) >= 11 is 5.79. The van der Waals surface area contributed by atoms with Crippen LogP contribution in [0.2, 0.25) is 5.02 Å². The minimum Gasteiger partial charge on any atom is -0.469 e. The molecule has 1 aromatic rings. The van der Waals surface area contributed by atoms with Crippen molar-refractivity contribution in [2.24, 2.45) is 0 Å². The Balaban J connectivity index is 2.31. The van der Waals surface area contributed by atoms with Gasteiger partial charge in [-0.2, -0.15) is 0 Å². The summed E-state index contributed by atoms with van der Waals surface area (Å²) in [5.74, 6) is -2.66. The van der Waals surface area contributed by atoms with Crippen LogP contribution in [0.15, 0.2) is 18.2 Å². The number of benzene rings is 1. The molecule has 0 aliphatic carbocycles. The maximum Gasteiger partial charge on any atom is 0.312 e. The number of carbonyl (C=O) groups excluding carboxylic acids is 2. The fourth-order valence-corrected chi connectivity index (χ4v) is 1.96. The Morgan fingerprint density at radius 3 is 3.00 bits per heavy atom. The van der Waals surface area contributed by atoms with Crippen molar-refractivity contribution >= 4 is 23.4 Å². The molecule has 6 heteroatoms. The van der Waals surface area contributed by atoms with E-state index >= 15 is 0 Å². The van der Waals surface area contributed by atoms with Crippen LogP contribution in [0.5, 0.6) is 5.75 Å². The van der Waals surface area contributed by atoms with Gasteiger partial charge in [-0.3, -0.25) is 9.59 Å².